The van der Waals surface area contributed by atoms with Crippen molar-refractivity contribution in [1.29, 1.82) is 0 Å². The van der Waals surface area contributed by atoms with Crippen LogP contribution >= 0.6 is 12.4 Å². The monoisotopic (exact) mass is 375 g/mol. The second-order valence-electron chi connectivity index (χ2n) is 5.77. The highest BCUT2D eigenvalue weighted by Crippen LogP contribution is 2.19. The zero-order valence-corrected chi connectivity index (χ0v) is 16.0. The number of halogens is 1. The van der Waals surface area contributed by atoms with E-state index < -0.39 is 0 Å². The minimum absolute atomic E-state index is 0. The third kappa shape index (κ3) is 5.49. The van der Waals surface area contributed by atoms with Gasteiger partial charge in [-0.25, -0.2) is 0 Å². The van der Waals surface area contributed by atoms with E-state index in [1.165, 1.54) is 0 Å². The molecule has 5 nitrogen and oxygen atoms in total. The number of aryl methyl sites for hydroxylation is 1. The van der Waals surface area contributed by atoms with Crippen LogP contribution in [0.25, 0.3) is 0 Å². The number of nitrogens with zero attached hydrogens (tertiary/aromatic N) is 1. The number of carbonyl (C=O) groups excluding carboxylic acids is 2. The number of nitrogens with one attached hydrogen (secondary N) is 1. The van der Waals surface area contributed by atoms with Gasteiger partial charge in [0.1, 0.15) is 0 Å². The molecule has 3 N–H and O–H groups in total. The summed E-state index contributed by atoms with van der Waals surface area (Å²) < 4.78 is 0. The Morgan fingerprint density at radius 2 is 1.62 bits per heavy atom. The Kier molecular flexibility index (Phi) is 8.65. The van der Waals surface area contributed by atoms with Gasteiger partial charge in [-0.1, -0.05) is 30.3 Å². The maximum atomic E-state index is 12.6. The quantitative estimate of drug-likeness (QED) is 0.724. The van der Waals surface area contributed by atoms with E-state index in [1.54, 1.807) is 23.1 Å². The molecule has 0 heterocycles. The van der Waals surface area contributed by atoms with Crippen molar-refractivity contribution in [3.05, 3.63) is 59.7 Å². The number of benzene rings is 2. The Morgan fingerprint density at radius 1 is 1.00 bits per heavy atom. The van der Waals surface area contributed by atoms with E-state index in [1.807, 2.05) is 44.2 Å². The molecule has 0 aliphatic rings. The lowest BCUT2D eigenvalue weighted by Gasteiger charge is -2.20. The van der Waals surface area contributed by atoms with Crippen molar-refractivity contribution < 1.29 is 9.59 Å². The number of para-hydroxylation sites is 2. The smallest absolute Gasteiger partial charge is 0.255 e. The fourth-order valence-electron chi connectivity index (χ4n) is 2.68. The Hall–Kier alpha value is -2.53. The summed E-state index contributed by atoms with van der Waals surface area (Å²) in [4.78, 5) is 26.6. The molecule has 0 saturated carbocycles. The van der Waals surface area contributed by atoms with Crippen LogP contribution in [0.2, 0.25) is 0 Å². The van der Waals surface area contributed by atoms with Crippen LogP contribution in [-0.2, 0) is 11.2 Å². The normalized spacial score (nSPS) is 9.92. The van der Waals surface area contributed by atoms with Crippen LogP contribution in [0.15, 0.2) is 48.5 Å². The molecule has 0 saturated heterocycles. The summed E-state index contributed by atoms with van der Waals surface area (Å²) in [5.74, 6) is -0.212. The molecule has 0 fully saturated rings. The summed E-state index contributed by atoms with van der Waals surface area (Å²) in [6.45, 7) is 5.13. The Balaban J connectivity index is 0.00000338. The first kappa shape index (κ1) is 21.5. The van der Waals surface area contributed by atoms with Gasteiger partial charge in [-0.3, -0.25) is 9.59 Å². The number of amides is 2. The molecule has 2 aromatic carbocycles. The third-order valence-corrected chi connectivity index (χ3v) is 4.16. The van der Waals surface area contributed by atoms with Crippen molar-refractivity contribution in [3.8, 4) is 0 Å². The van der Waals surface area contributed by atoms with Gasteiger partial charge in [0, 0.05) is 25.2 Å². The predicted octanol–water partition coefficient (Wildman–Crippen LogP) is 3.74. The van der Waals surface area contributed by atoms with E-state index in [-0.39, 0.29) is 24.2 Å². The minimum atomic E-state index is -0.136. The molecule has 0 radical (unpaired) electrons. The van der Waals surface area contributed by atoms with Crippen molar-refractivity contribution in [1.82, 2.24) is 4.90 Å². The molecule has 0 spiro atoms. The number of nitrogens with two attached hydrogens (primary N) is 1. The van der Waals surface area contributed by atoms with E-state index in [0.29, 0.717) is 42.9 Å². The fraction of sp³-hybridized carbons (Fsp3) is 0.300. The average Bonchev–Trinajstić information content (AvgIpc) is 2.62. The van der Waals surface area contributed by atoms with Crippen LogP contribution in [0.1, 0.15) is 36.2 Å². The molecular formula is C20H26ClN3O2. The van der Waals surface area contributed by atoms with Crippen LogP contribution in [0.3, 0.4) is 0 Å². The van der Waals surface area contributed by atoms with Crippen LogP contribution < -0.4 is 11.1 Å². The largest absolute Gasteiger partial charge is 0.399 e. The molecule has 2 aromatic rings. The van der Waals surface area contributed by atoms with Crippen LogP contribution in [0, 0.1) is 0 Å². The van der Waals surface area contributed by atoms with Gasteiger partial charge in [0.2, 0.25) is 5.91 Å². The van der Waals surface area contributed by atoms with Crippen LogP contribution in [-0.4, -0.2) is 29.8 Å². The highest BCUT2D eigenvalue weighted by atomic mass is 35.5. The molecule has 6 heteroatoms. The van der Waals surface area contributed by atoms with E-state index >= 15 is 0 Å². The summed E-state index contributed by atoms with van der Waals surface area (Å²) in [6, 6.07) is 14.6. The first-order valence-corrected chi connectivity index (χ1v) is 8.58. The van der Waals surface area contributed by atoms with Gasteiger partial charge in [-0.2, -0.15) is 0 Å². The summed E-state index contributed by atoms with van der Waals surface area (Å²) in [5.41, 5.74) is 8.60. The first-order valence-electron chi connectivity index (χ1n) is 8.58. The molecule has 2 amide bonds. The molecule has 0 atom stereocenters. The van der Waals surface area contributed by atoms with Gasteiger partial charge in [0.05, 0.1) is 11.3 Å². The number of hydrogen-bond donors (Lipinski definition) is 2. The maximum Gasteiger partial charge on any atom is 0.255 e. The van der Waals surface area contributed by atoms with Gasteiger partial charge in [0.25, 0.3) is 5.91 Å². The van der Waals surface area contributed by atoms with Crippen molar-refractivity contribution in [3.63, 3.8) is 0 Å². The molecular weight excluding hydrogens is 350 g/mol. The molecule has 26 heavy (non-hydrogen) atoms. The Bertz CT molecular complexity index is 745. The van der Waals surface area contributed by atoms with E-state index in [9.17, 15) is 9.59 Å². The molecule has 2 rings (SSSR count). The Morgan fingerprint density at radius 3 is 2.27 bits per heavy atom. The van der Waals surface area contributed by atoms with E-state index in [0.717, 1.165) is 5.56 Å². The summed E-state index contributed by atoms with van der Waals surface area (Å²) in [6.07, 6.45) is 0.868. The van der Waals surface area contributed by atoms with Crippen molar-refractivity contribution in [2.45, 2.75) is 26.7 Å². The molecule has 0 bridgehead atoms. The fourth-order valence-corrected chi connectivity index (χ4v) is 2.68. The predicted molar refractivity (Wildman–Crippen MR) is 109 cm³/mol. The van der Waals surface area contributed by atoms with Crippen molar-refractivity contribution in [2.24, 2.45) is 0 Å². The zero-order valence-electron chi connectivity index (χ0n) is 15.2. The van der Waals surface area contributed by atoms with Crippen molar-refractivity contribution >= 4 is 35.6 Å². The minimum Gasteiger partial charge on any atom is -0.399 e. The Labute approximate surface area is 161 Å². The van der Waals surface area contributed by atoms with E-state index in [2.05, 4.69) is 5.32 Å². The van der Waals surface area contributed by atoms with Crippen molar-refractivity contribution in [2.75, 3.05) is 24.1 Å². The third-order valence-electron chi connectivity index (χ3n) is 4.16. The molecule has 0 unspecified atom stereocenters. The molecule has 0 aliphatic heterocycles. The lowest BCUT2D eigenvalue weighted by Crippen LogP contribution is -2.31. The summed E-state index contributed by atoms with van der Waals surface area (Å²) >= 11 is 0. The lowest BCUT2D eigenvalue weighted by molar-refractivity contribution is -0.116. The summed E-state index contributed by atoms with van der Waals surface area (Å²) in [5, 5.41) is 2.86. The van der Waals surface area contributed by atoms with Crippen LogP contribution in [0.4, 0.5) is 11.4 Å². The zero-order chi connectivity index (χ0) is 18.2. The number of carbonyl (C=O) groups is 2. The highest BCUT2D eigenvalue weighted by Gasteiger charge is 2.17. The van der Waals surface area contributed by atoms with Gasteiger partial charge >= 0.3 is 0 Å². The maximum absolute atomic E-state index is 12.6. The molecule has 0 aromatic heterocycles. The lowest BCUT2D eigenvalue weighted by atomic mass is 10.1. The number of hydrogen-bond acceptors (Lipinski definition) is 3. The van der Waals surface area contributed by atoms with Crippen LogP contribution in [0.5, 0.6) is 0 Å². The van der Waals surface area contributed by atoms with Gasteiger partial charge in [-0.05, 0) is 44.0 Å². The van der Waals surface area contributed by atoms with Gasteiger partial charge in [0.15, 0.2) is 0 Å². The van der Waals surface area contributed by atoms with Gasteiger partial charge in [-0.15, -0.1) is 12.4 Å². The molecule has 140 valence electrons. The number of rotatable bonds is 7. The first-order chi connectivity index (χ1) is 12.1. The average molecular weight is 376 g/mol. The number of anilines is 2. The topological polar surface area (TPSA) is 75.4 Å². The number of nitrogen functional groups attached to an aromatic ring is 1. The molecule has 0 aliphatic carbocycles. The SMILES string of the molecule is CCN(CC)C(=O)c1ccccc1NC(=O)CCc1ccccc1N.Cl. The second kappa shape index (κ2) is 10.5. The standard InChI is InChI=1S/C20H25N3O2.ClH/c1-3-23(4-2)20(25)16-10-6-8-12-18(16)22-19(24)14-13-15-9-5-7-11-17(15)21;/h5-12H,3-4,13-14,21H2,1-2H3,(H,22,24);1H. The highest BCUT2D eigenvalue weighted by molar-refractivity contribution is 6.03. The summed E-state index contributed by atoms with van der Waals surface area (Å²) in [7, 11) is 0. The second-order valence-corrected chi connectivity index (χ2v) is 5.77. The van der Waals surface area contributed by atoms with Gasteiger partial charge < -0.3 is 16.0 Å². The van der Waals surface area contributed by atoms with E-state index in [4.69, 9.17) is 5.73 Å².